The minimum Gasteiger partial charge on any atom is -0.353 e. The standard InChI is InChI=1S/C12H16BrN3/c1-9(2)16(6-4-5-14)12-7-10(3)11(13)8-15-12/h7-9H,4,6H2,1-3H3. The third kappa shape index (κ3) is 3.21. The van der Waals surface area contributed by atoms with Gasteiger partial charge in [0.15, 0.2) is 0 Å². The van der Waals surface area contributed by atoms with Crippen LogP contribution in [0.15, 0.2) is 16.7 Å². The first kappa shape index (κ1) is 13.0. The van der Waals surface area contributed by atoms with Crippen LogP contribution in [0.4, 0.5) is 5.82 Å². The van der Waals surface area contributed by atoms with Crippen molar-refractivity contribution in [3.05, 3.63) is 22.3 Å². The number of nitriles is 1. The molecule has 0 unspecified atom stereocenters. The Morgan fingerprint density at radius 2 is 2.25 bits per heavy atom. The van der Waals surface area contributed by atoms with E-state index < -0.39 is 0 Å². The Morgan fingerprint density at radius 1 is 1.56 bits per heavy atom. The maximum Gasteiger partial charge on any atom is 0.129 e. The van der Waals surface area contributed by atoms with Crippen molar-refractivity contribution in [3.8, 4) is 6.07 Å². The first-order valence-electron chi connectivity index (χ1n) is 5.32. The predicted octanol–water partition coefficient (Wildman–Crippen LogP) is 3.28. The van der Waals surface area contributed by atoms with E-state index in [0.29, 0.717) is 12.5 Å². The Kier molecular flexibility index (Phi) is 4.75. The summed E-state index contributed by atoms with van der Waals surface area (Å²) in [5.74, 6) is 0.936. The van der Waals surface area contributed by atoms with E-state index in [4.69, 9.17) is 5.26 Å². The van der Waals surface area contributed by atoms with Crippen LogP contribution in [0.5, 0.6) is 0 Å². The summed E-state index contributed by atoms with van der Waals surface area (Å²) in [4.78, 5) is 6.52. The zero-order valence-corrected chi connectivity index (χ0v) is 11.5. The third-order valence-corrected chi connectivity index (χ3v) is 3.24. The summed E-state index contributed by atoms with van der Waals surface area (Å²) in [6.45, 7) is 6.98. The third-order valence-electron chi connectivity index (χ3n) is 2.41. The predicted molar refractivity (Wildman–Crippen MR) is 69.4 cm³/mol. The first-order valence-corrected chi connectivity index (χ1v) is 6.11. The summed E-state index contributed by atoms with van der Waals surface area (Å²) in [7, 11) is 0. The molecule has 4 heteroatoms. The molecule has 0 saturated heterocycles. The van der Waals surface area contributed by atoms with E-state index in [1.54, 1.807) is 0 Å². The highest BCUT2D eigenvalue weighted by Crippen LogP contribution is 2.21. The molecule has 0 aliphatic carbocycles. The normalized spacial score (nSPS) is 10.2. The van der Waals surface area contributed by atoms with E-state index in [-0.39, 0.29) is 0 Å². The van der Waals surface area contributed by atoms with Gasteiger partial charge in [-0.1, -0.05) is 0 Å². The first-order chi connectivity index (χ1) is 7.56. The van der Waals surface area contributed by atoms with Crippen LogP contribution in [0.3, 0.4) is 0 Å². The highest BCUT2D eigenvalue weighted by Gasteiger charge is 2.12. The Labute approximate surface area is 105 Å². The van der Waals surface area contributed by atoms with Gasteiger partial charge in [0, 0.05) is 23.3 Å². The smallest absolute Gasteiger partial charge is 0.129 e. The van der Waals surface area contributed by atoms with E-state index in [9.17, 15) is 0 Å². The molecule has 0 aromatic carbocycles. The van der Waals surface area contributed by atoms with Crippen LogP contribution in [0.25, 0.3) is 0 Å². The van der Waals surface area contributed by atoms with Crippen LogP contribution >= 0.6 is 15.9 Å². The summed E-state index contributed by atoms with van der Waals surface area (Å²) in [6.07, 6.45) is 2.33. The van der Waals surface area contributed by atoms with Gasteiger partial charge in [0.05, 0.1) is 12.5 Å². The van der Waals surface area contributed by atoms with Crippen molar-refractivity contribution in [3.63, 3.8) is 0 Å². The fraction of sp³-hybridized carbons (Fsp3) is 0.500. The molecule has 0 radical (unpaired) electrons. The summed E-state index contributed by atoms with van der Waals surface area (Å²) in [5.41, 5.74) is 1.16. The molecule has 1 rings (SSSR count). The van der Waals surface area contributed by atoms with Crippen LogP contribution in [0, 0.1) is 18.3 Å². The summed E-state index contributed by atoms with van der Waals surface area (Å²) in [5, 5.41) is 8.64. The molecular weight excluding hydrogens is 266 g/mol. The van der Waals surface area contributed by atoms with Gasteiger partial charge < -0.3 is 4.90 Å². The second-order valence-electron chi connectivity index (χ2n) is 3.99. The molecule has 0 bridgehead atoms. The van der Waals surface area contributed by atoms with Crippen molar-refractivity contribution in [1.82, 2.24) is 4.98 Å². The Morgan fingerprint density at radius 3 is 2.75 bits per heavy atom. The number of anilines is 1. The molecule has 1 aromatic rings. The molecule has 0 aliphatic rings. The second-order valence-corrected chi connectivity index (χ2v) is 4.84. The monoisotopic (exact) mass is 281 g/mol. The van der Waals surface area contributed by atoms with Gasteiger partial charge in [0.2, 0.25) is 0 Å². The highest BCUT2D eigenvalue weighted by atomic mass is 79.9. The van der Waals surface area contributed by atoms with E-state index in [1.807, 2.05) is 19.2 Å². The SMILES string of the molecule is Cc1cc(N(CCC#N)C(C)C)ncc1Br. The van der Waals surface area contributed by atoms with E-state index in [0.717, 1.165) is 22.4 Å². The number of hydrogen-bond acceptors (Lipinski definition) is 3. The molecule has 86 valence electrons. The van der Waals surface area contributed by atoms with Gasteiger partial charge >= 0.3 is 0 Å². The van der Waals surface area contributed by atoms with Gasteiger partial charge in [-0.25, -0.2) is 4.98 Å². The Hall–Kier alpha value is -1.08. The lowest BCUT2D eigenvalue weighted by atomic mass is 10.2. The molecule has 0 atom stereocenters. The van der Waals surface area contributed by atoms with E-state index in [1.165, 1.54) is 0 Å². The van der Waals surface area contributed by atoms with Crippen LogP contribution in [0.1, 0.15) is 25.8 Å². The van der Waals surface area contributed by atoms with Crippen LogP contribution in [0.2, 0.25) is 0 Å². The zero-order valence-electron chi connectivity index (χ0n) is 9.87. The van der Waals surface area contributed by atoms with Gasteiger partial charge in [-0.2, -0.15) is 5.26 Å². The average Bonchev–Trinajstić information content (AvgIpc) is 2.23. The Balaban J connectivity index is 2.93. The molecule has 0 amide bonds. The quantitative estimate of drug-likeness (QED) is 0.850. The van der Waals surface area contributed by atoms with Gasteiger partial charge in [-0.3, -0.25) is 0 Å². The van der Waals surface area contributed by atoms with Gasteiger partial charge in [0.25, 0.3) is 0 Å². The molecule has 0 spiro atoms. The lowest BCUT2D eigenvalue weighted by Gasteiger charge is -2.27. The van der Waals surface area contributed by atoms with E-state index >= 15 is 0 Å². The molecule has 0 N–H and O–H groups in total. The van der Waals surface area contributed by atoms with Crippen molar-refractivity contribution < 1.29 is 0 Å². The van der Waals surface area contributed by atoms with Crippen LogP contribution < -0.4 is 4.90 Å². The van der Waals surface area contributed by atoms with E-state index in [2.05, 4.69) is 45.7 Å². The van der Waals surface area contributed by atoms with Gasteiger partial charge in [0.1, 0.15) is 5.82 Å². The second kappa shape index (κ2) is 5.86. The zero-order chi connectivity index (χ0) is 12.1. The molecule has 1 aromatic heterocycles. The molecule has 0 fully saturated rings. The maximum atomic E-state index is 8.64. The molecule has 3 nitrogen and oxygen atoms in total. The number of hydrogen-bond donors (Lipinski definition) is 0. The van der Waals surface area contributed by atoms with Crippen LogP contribution in [-0.4, -0.2) is 17.6 Å². The number of nitrogens with zero attached hydrogens (tertiary/aromatic N) is 3. The average molecular weight is 282 g/mol. The maximum absolute atomic E-state index is 8.64. The largest absolute Gasteiger partial charge is 0.353 e. The minimum atomic E-state index is 0.349. The number of pyridine rings is 1. The van der Waals surface area contributed by atoms with Crippen molar-refractivity contribution in [2.24, 2.45) is 0 Å². The van der Waals surface area contributed by atoms with Crippen molar-refractivity contribution in [2.75, 3.05) is 11.4 Å². The fourth-order valence-electron chi connectivity index (χ4n) is 1.49. The molecular formula is C12H16BrN3. The minimum absolute atomic E-state index is 0.349. The fourth-order valence-corrected chi connectivity index (χ4v) is 1.71. The summed E-state index contributed by atoms with van der Waals surface area (Å²) < 4.78 is 1.01. The summed E-state index contributed by atoms with van der Waals surface area (Å²) >= 11 is 3.43. The Bertz CT molecular complexity index is 396. The topological polar surface area (TPSA) is 39.9 Å². The van der Waals surface area contributed by atoms with Crippen molar-refractivity contribution in [2.45, 2.75) is 33.2 Å². The molecule has 1 heterocycles. The number of aryl methyl sites for hydroxylation is 1. The summed E-state index contributed by atoms with van der Waals surface area (Å²) in [6, 6.07) is 4.56. The van der Waals surface area contributed by atoms with Crippen molar-refractivity contribution >= 4 is 21.7 Å². The number of aromatic nitrogens is 1. The lowest BCUT2D eigenvalue weighted by Crippen LogP contribution is -2.32. The van der Waals surface area contributed by atoms with Gasteiger partial charge in [-0.05, 0) is 48.3 Å². The molecule has 0 saturated carbocycles. The number of rotatable bonds is 4. The number of halogens is 1. The van der Waals surface area contributed by atoms with Crippen LogP contribution in [-0.2, 0) is 0 Å². The molecule has 16 heavy (non-hydrogen) atoms. The van der Waals surface area contributed by atoms with Gasteiger partial charge in [-0.15, -0.1) is 0 Å². The molecule has 0 aliphatic heterocycles. The lowest BCUT2D eigenvalue weighted by molar-refractivity contribution is 0.676. The highest BCUT2D eigenvalue weighted by molar-refractivity contribution is 9.10. The van der Waals surface area contributed by atoms with Crippen molar-refractivity contribution in [1.29, 1.82) is 5.26 Å².